The molecule has 0 radical (unpaired) electrons. The fourth-order valence-electron chi connectivity index (χ4n) is 1.30. The third-order valence-electron chi connectivity index (χ3n) is 1.86. The minimum atomic E-state index is 0.399. The molecular formula is C9H16N2. The van der Waals surface area contributed by atoms with Crippen molar-refractivity contribution in [3.05, 3.63) is 0 Å². The second kappa shape index (κ2) is 3.65. The predicted octanol–water partition coefficient (Wildman–Crippen LogP) is 2.09. The molecule has 0 bridgehead atoms. The van der Waals surface area contributed by atoms with E-state index < -0.39 is 0 Å². The molecule has 0 aromatic carbocycles. The molecule has 0 aromatic rings. The zero-order chi connectivity index (χ0) is 8.27. The highest BCUT2D eigenvalue weighted by Crippen LogP contribution is 2.05. The Morgan fingerprint density at radius 1 is 1.55 bits per heavy atom. The molecule has 0 spiro atoms. The van der Waals surface area contributed by atoms with Crippen molar-refractivity contribution in [2.75, 3.05) is 6.54 Å². The Kier molecular flexibility index (Phi) is 2.80. The maximum absolute atomic E-state index is 4.47. The molecule has 1 aliphatic heterocycles. The SMILES string of the molecule is CCCC1=NC[C@@H](C)N=C1C. The lowest BCUT2D eigenvalue weighted by atomic mass is 10.1. The first-order valence-corrected chi connectivity index (χ1v) is 4.32. The van der Waals surface area contributed by atoms with Crippen LogP contribution in [0, 0.1) is 0 Å². The average molecular weight is 152 g/mol. The summed E-state index contributed by atoms with van der Waals surface area (Å²) in [6.45, 7) is 7.22. The van der Waals surface area contributed by atoms with E-state index in [0.29, 0.717) is 6.04 Å². The van der Waals surface area contributed by atoms with E-state index in [4.69, 9.17) is 0 Å². The van der Waals surface area contributed by atoms with E-state index >= 15 is 0 Å². The largest absolute Gasteiger partial charge is 0.286 e. The first-order chi connectivity index (χ1) is 5.24. The first kappa shape index (κ1) is 8.44. The van der Waals surface area contributed by atoms with Crippen LogP contribution < -0.4 is 0 Å². The van der Waals surface area contributed by atoms with Crippen LogP contribution in [-0.2, 0) is 0 Å². The van der Waals surface area contributed by atoms with E-state index in [1.165, 1.54) is 12.1 Å². The molecular weight excluding hydrogens is 136 g/mol. The lowest BCUT2D eigenvalue weighted by Gasteiger charge is -2.14. The van der Waals surface area contributed by atoms with Crippen LogP contribution in [0.1, 0.15) is 33.6 Å². The van der Waals surface area contributed by atoms with Crippen molar-refractivity contribution in [2.24, 2.45) is 9.98 Å². The maximum Gasteiger partial charge on any atom is 0.0670 e. The van der Waals surface area contributed by atoms with Gasteiger partial charge in [0.15, 0.2) is 0 Å². The van der Waals surface area contributed by atoms with Crippen molar-refractivity contribution in [3.8, 4) is 0 Å². The quantitative estimate of drug-likeness (QED) is 0.579. The average Bonchev–Trinajstić information content (AvgIpc) is 1.95. The summed E-state index contributed by atoms with van der Waals surface area (Å²) < 4.78 is 0. The van der Waals surface area contributed by atoms with Gasteiger partial charge in [-0.3, -0.25) is 9.98 Å². The maximum atomic E-state index is 4.47. The topological polar surface area (TPSA) is 24.7 Å². The normalized spacial score (nSPS) is 24.5. The molecule has 1 atom stereocenters. The Hall–Kier alpha value is -0.660. The highest BCUT2D eigenvalue weighted by molar-refractivity contribution is 6.41. The van der Waals surface area contributed by atoms with Crippen LogP contribution in [0.25, 0.3) is 0 Å². The molecule has 0 N–H and O–H groups in total. The van der Waals surface area contributed by atoms with E-state index in [1.54, 1.807) is 0 Å². The Morgan fingerprint density at radius 2 is 2.27 bits per heavy atom. The van der Waals surface area contributed by atoms with E-state index in [-0.39, 0.29) is 0 Å². The second-order valence-corrected chi connectivity index (χ2v) is 3.10. The third-order valence-corrected chi connectivity index (χ3v) is 1.86. The van der Waals surface area contributed by atoms with Gasteiger partial charge in [-0.05, 0) is 20.3 Å². The Labute approximate surface area is 68.4 Å². The first-order valence-electron chi connectivity index (χ1n) is 4.32. The van der Waals surface area contributed by atoms with Gasteiger partial charge in [0.25, 0.3) is 0 Å². The van der Waals surface area contributed by atoms with Crippen LogP contribution in [0.4, 0.5) is 0 Å². The summed E-state index contributed by atoms with van der Waals surface area (Å²) in [6.07, 6.45) is 2.25. The van der Waals surface area contributed by atoms with Gasteiger partial charge in [-0.25, -0.2) is 0 Å². The molecule has 1 heterocycles. The summed E-state index contributed by atoms with van der Waals surface area (Å²) in [7, 11) is 0. The van der Waals surface area contributed by atoms with Gasteiger partial charge in [-0.1, -0.05) is 13.3 Å². The highest BCUT2D eigenvalue weighted by atomic mass is 14.9. The van der Waals surface area contributed by atoms with Gasteiger partial charge in [0.1, 0.15) is 0 Å². The molecule has 0 saturated heterocycles. The number of nitrogens with zero attached hydrogens (tertiary/aromatic N) is 2. The molecule has 0 saturated carbocycles. The monoisotopic (exact) mass is 152 g/mol. The van der Waals surface area contributed by atoms with E-state index in [0.717, 1.165) is 18.7 Å². The highest BCUT2D eigenvalue weighted by Gasteiger charge is 2.10. The fraction of sp³-hybridized carbons (Fsp3) is 0.778. The molecule has 0 unspecified atom stereocenters. The van der Waals surface area contributed by atoms with Crippen molar-refractivity contribution in [2.45, 2.75) is 39.7 Å². The number of rotatable bonds is 2. The third kappa shape index (κ3) is 2.14. The van der Waals surface area contributed by atoms with E-state index in [9.17, 15) is 0 Å². The number of hydrogen-bond acceptors (Lipinski definition) is 2. The van der Waals surface area contributed by atoms with Gasteiger partial charge in [-0.2, -0.15) is 0 Å². The van der Waals surface area contributed by atoms with Crippen molar-refractivity contribution in [3.63, 3.8) is 0 Å². The summed E-state index contributed by atoms with van der Waals surface area (Å²) in [5.74, 6) is 0. The molecule has 0 fully saturated rings. The predicted molar refractivity (Wildman–Crippen MR) is 49.8 cm³/mol. The molecule has 11 heavy (non-hydrogen) atoms. The Bertz CT molecular complexity index is 192. The van der Waals surface area contributed by atoms with Gasteiger partial charge in [0.05, 0.1) is 24.0 Å². The van der Waals surface area contributed by atoms with Gasteiger partial charge in [0.2, 0.25) is 0 Å². The number of hydrogen-bond donors (Lipinski definition) is 0. The van der Waals surface area contributed by atoms with Crippen LogP contribution in [0.5, 0.6) is 0 Å². The van der Waals surface area contributed by atoms with Crippen LogP contribution in [0.15, 0.2) is 9.98 Å². The molecule has 1 aliphatic rings. The number of aliphatic imine (C=N–C) groups is 2. The van der Waals surface area contributed by atoms with Gasteiger partial charge >= 0.3 is 0 Å². The van der Waals surface area contributed by atoms with E-state index in [2.05, 4.69) is 30.8 Å². The molecule has 1 rings (SSSR count). The summed E-state index contributed by atoms with van der Waals surface area (Å²) in [6, 6.07) is 0.399. The summed E-state index contributed by atoms with van der Waals surface area (Å²) >= 11 is 0. The van der Waals surface area contributed by atoms with Gasteiger partial charge in [-0.15, -0.1) is 0 Å². The smallest absolute Gasteiger partial charge is 0.0670 e. The molecule has 2 heteroatoms. The van der Waals surface area contributed by atoms with Crippen molar-refractivity contribution < 1.29 is 0 Å². The Balaban J connectivity index is 2.61. The molecule has 62 valence electrons. The fourth-order valence-corrected chi connectivity index (χ4v) is 1.30. The summed E-state index contributed by atoms with van der Waals surface area (Å²) in [5.41, 5.74) is 2.36. The standard InChI is InChI=1S/C9H16N2/c1-4-5-9-8(3)11-7(2)6-10-9/h7H,4-6H2,1-3H3/t7-/m1/s1. The molecule has 2 nitrogen and oxygen atoms in total. The lowest BCUT2D eigenvalue weighted by molar-refractivity contribution is 0.743. The molecule has 0 aliphatic carbocycles. The zero-order valence-corrected chi connectivity index (χ0v) is 7.59. The minimum absolute atomic E-state index is 0.399. The van der Waals surface area contributed by atoms with Crippen LogP contribution >= 0.6 is 0 Å². The Morgan fingerprint density at radius 3 is 2.82 bits per heavy atom. The second-order valence-electron chi connectivity index (χ2n) is 3.10. The zero-order valence-electron chi connectivity index (χ0n) is 7.59. The van der Waals surface area contributed by atoms with Crippen molar-refractivity contribution in [1.82, 2.24) is 0 Å². The van der Waals surface area contributed by atoms with Crippen molar-refractivity contribution in [1.29, 1.82) is 0 Å². The van der Waals surface area contributed by atoms with Gasteiger partial charge < -0.3 is 0 Å². The van der Waals surface area contributed by atoms with Crippen LogP contribution in [0.3, 0.4) is 0 Å². The van der Waals surface area contributed by atoms with Crippen LogP contribution in [-0.4, -0.2) is 24.0 Å². The summed E-state index contributed by atoms with van der Waals surface area (Å²) in [4.78, 5) is 8.94. The molecule has 0 aromatic heterocycles. The molecule has 0 amide bonds. The minimum Gasteiger partial charge on any atom is -0.286 e. The lowest BCUT2D eigenvalue weighted by Crippen LogP contribution is -2.21. The van der Waals surface area contributed by atoms with Crippen LogP contribution in [0.2, 0.25) is 0 Å². The summed E-state index contributed by atoms with van der Waals surface area (Å²) in [5, 5.41) is 0. The van der Waals surface area contributed by atoms with Gasteiger partial charge in [0, 0.05) is 0 Å². The van der Waals surface area contributed by atoms with E-state index in [1.807, 2.05) is 0 Å². The van der Waals surface area contributed by atoms with Crippen molar-refractivity contribution >= 4 is 11.4 Å².